The summed E-state index contributed by atoms with van der Waals surface area (Å²) in [6.45, 7) is 8.59. The molecule has 0 saturated carbocycles. The second kappa shape index (κ2) is 7.47. The van der Waals surface area contributed by atoms with Gasteiger partial charge in [0.05, 0.1) is 11.9 Å². The summed E-state index contributed by atoms with van der Waals surface area (Å²) in [6, 6.07) is 3.91. The minimum absolute atomic E-state index is 0. The van der Waals surface area contributed by atoms with Crippen LogP contribution in [-0.4, -0.2) is 16.1 Å². The van der Waals surface area contributed by atoms with Crippen LogP contribution in [-0.2, 0) is 0 Å². The number of rotatable bonds is 3. The number of anilines is 2. The molecule has 5 N–H and O–H groups in total. The fraction of sp³-hybridized carbons (Fsp3) is 0.500. The van der Waals surface area contributed by atoms with E-state index in [-0.39, 0.29) is 23.9 Å². The fourth-order valence-corrected chi connectivity index (χ4v) is 1.43. The van der Waals surface area contributed by atoms with Crippen LogP contribution in [0.2, 0.25) is 0 Å². The first-order valence-corrected chi connectivity index (χ1v) is 6.24. The number of pyridine rings is 1. The van der Waals surface area contributed by atoms with Gasteiger partial charge >= 0.3 is 0 Å². The fourth-order valence-electron chi connectivity index (χ4n) is 1.13. The minimum atomic E-state index is 0. The van der Waals surface area contributed by atoms with E-state index in [0.29, 0.717) is 10.9 Å². The number of nitrogens with one attached hydrogen (secondary N) is 3. The minimum Gasteiger partial charge on any atom is -0.359 e. The predicted molar refractivity (Wildman–Crippen MR) is 87.6 cm³/mol. The number of nitrogen functional groups attached to an aromatic ring is 1. The van der Waals surface area contributed by atoms with Gasteiger partial charge in [0, 0.05) is 6.04 Å². The van der Waals surface area contributed by atoms with Gasteiger partial charge in [0.1, 0.15) is 5.82 Å². The molecular weight excluding hydrogens is 282 g/mol. The molecule has 0 bridgehead atoms. The number of aromatic nitrogens is 1. The lowest BCUT2D eigenvalue weighted by Crippen LogP contribution is -2.43. The summed E-state index contributed by atoms with van der Waals surface area (Å²) in [5.74, 6) is 5.86. The first kappa shape index (κ1) is 17.9. The highest BCUT2D eigenvalue weighted by Crippen LogP contribution is 2.18. The topological polar surface area (TPSA) is 75.0 Å². The molecule has 0 amide bonds. The van der Waals surface area contributed by atoms with Gasteiger partial charge < -0.3 is 16.1 Å². The summed E-state index contributed by atoms with van der Waals surface area (Å²) in [4.78, 5) is 4.09. The number of hydrazine groups is 1. The van der Waals surface area contributed by atoms with Gasteiger partial charge in [-0.3, -0.25) is 0 Å². The summed E-state index contributed by atoms with van der Waals surface area (Å²) in [5, 5.41) is 6.93. The van der Waals surface area contributed by atoms with Gasteiger partial charge in [-0.25, -0.2) is 10.8 Å². The molecule has 19 heavy (non-hydrogen) atoms. The van der Waals surface area contributed by atoms with Crippen molar-refractivity contribution in [3.05, 3.63) is 18.3 Å². The molecule has 0 aromatic carbocycles. The molecule has 1 unspecified atom stereocenters. The second-order valence-corrected chi connectivity index (χ2v) is 5.67. The molecule has 1 heterocycles. The molecule has 0 spiro atoms. The van der Waals surface area contributed by atoms with Crippen molar-refractivity contribution in [2.45, 2.75) is 33.7 Å². The van der Waals surface area contributed by atoms with Crippen LogP contribution >= 0.6 is 24.6 Å². The quantitative estimate of drug-likeness (QED) is 0.391. The van der Waals surface area contributed by atoms with Crippen molar-refractivity contribution in [2.24, 2.45) is 11.3 Å². The first-order valence-electron chi connectivity index (χ1n) is 5.83. The Bertz CT molecular complexity index is 402. The number of nitrogens with two attached hydrogens (primary N) is 1. The molecule has 7 heteroatoms. The van der Waals surface area contributed by atoms with Gasteiger partial charge in [0.25, 0.3) is 0 Å². The molecule has 0 aliphatic heterocycles. The van der Waals surface area contributed by atoms with Gasteiger partial charge in [0.2, 0.25) is 0 Å². The number of hydrogen-bond donors (Lipinski definition) is 4. The summed E-state index contributed by atoms with van der Waals surface area (Å²) >= 11 is 5.25. The van der Waals surface area contributed by atoms with Crippen molar-refractivity contribution in [2.75, 3.05) is 10.7 Å². The zero-order valence-corrected chi connectivity index (χ0v) is 13.3. The molecule has 0 radical (unpaired) electrons. The van der Waals surface area contributed by atoms with Gasteiger partial charge in [-0.2, -0.15) is 0 Å². The number of thiocarbonyl (C=S) groups is 1. The maximum atomic E-state index is 5.25. The molecule has 0 saturated heterocycles. The van der Waals surface area contributed by atoms with Gasteiger partial charge in [-0.05, 0) is 36.7 Å². The Labute approximate surface area is 126 Å². The highest BCUT2D eigenvalue weighted by atomic mass is 35.5. The van der Waals surface area contributed by atoms with Crippen molar-refractivity contribution >= 4 is 41.2 Å². The molecule has 1 aromatic heterocycles. The largest absolute Gasteiger partial charge is 0.359 e. The monoisotopic (exact) mass is 303 g/mol. The lowest BCUT2D eigenvalue weighted by molar-refractivity contribution is 0.317. The molecule has 1 atom stereocenters. The second-order valence-electron chi connectivity index (χ2n) is 5.26. The van der Waals surface area contributed by atoms with E-state index in [9.17, 15) is 0 Å². The molecule has 0 aliphatic carbocycles. The third kappa shape index (κ3) is 6.04. The summed E-state index contributed by atoms with van der Waals surface area (Å²) in [7, 11) is 0. The number of hydrogen-bond acceptors (Lipinski definition) is 4. The van der Waals surface area contributed by atoms with E-state index >= 15 is 0 Å². The van der Waals surface area contributed by atoms with Gasteiger partial charge in [-0.15, -0.1) is 12.4 Å². The smallest absolute Gasteiger partial charge is 0.171 e. The zero-order valence-electron chi connectivity index (χ0n) is 11.7. The molecule has 5 nitrogen and oxygen atoms in total. The van der Waals surface area contributed by atoms with Crippen LogP contribution < -0.4 is 21.9 Å². The van der Waals surface area contributed by atoms with E-state index in [0.717, 1.165) is 5.69 Å². The van der Waals surface area contributed by atoms with E-state index in [1.807, 2.05) is 6.07 Å². The van der Waals surface area contributed by atoms with E-state index in [4.69, 9.17) is 18.1 Å². The Morgan fingerprint density at radius 2 is 2.00 bits per heavy atom. The number of halogens is 1. The molecule has 1 rings (SSSR count). The van der Waals surface area contributed by atoms with Gasteiger partial charge in [-0.1, -0.05) is 20.8 Å². The van der Waals surface area contributed by atoms with Gasteiger partial charge in [0.15, 0.2) is 5.11 Å². The van der Waals surface area contributed by atoms with Crippen LogP contribution in [0.4, 0.5) is 11.5 Å². The van der Waals surface area contributed by atoms with Crippen molar-refractivity contribution in [3.8, 4) is 0 Å². The Balaban J connectivity index is 0.00000324. The lowest BCUT2D eigenvalue weighted by atomic mass is 9.88. The molecule has 108 valence electrons. The summed E-state index contributed by atoms with van der Waals surface area (Å²) in [6.07, 6.45) is 1.67. The Morgan fingerprint density at radius 1 is 1.37 bits per heavy atom. The molecular formula is C12H22ClN5S. The van der Waals surface area contributed by atoms with Crippen molar-refractivity contribution in [3.63, 3.8) is 0 Å². The van der Waals surface area contributed by atoms with Crippen LogP contribution in [0.1, 0.15) is 27.7 Å². The van der Waals surface area contributed by atoms with Crippen LogP contribution in [0.3, 0.4) is 0 Å². The van der Waals surface area contributed by atoms with Crippen LogP contribution in [0.5, 0.6) is 0 Å². The van der Waals surface area contributed by atoms with Crippen LogP contribution in [0, 0.1) is 5.41 Å². The third-order valence-electron chi connectivity index (χ3n) is 2.82. The van der Waals surface area contributed by atoms with Crippen LogP contribution in [0.15, 0.2) is 18.3 Å². The third-order valence-corrected chi connectivity index (χ3v) is 3.04. The summed E-state index contributed by atoms with van der Waals surface area (Å²) in [5.41, 5.74) is 3.45. The highest BCUT2D eigenvalue weighted by molar-refractivity contribution is 7.80. The average molecular weight is 304 g/mol. The maximum Gasteiger partial charge on any atom is 0.171 e. The SMILES string of the molecule is CC(NC(=S)Nc1ccc(NN)nc1)C(C)(C)C.Cl. The Hall–Kier alpha value is -1.11. The van der Waals surface area contributed by atoms with E-state index in [1.54, 1.807) is 12.3 Å². The first-order chi connectivity index (χ1) is 8.32. The summed E-state index contributed by atoms with van der Waals surface area (Å²) < 4.78 is 0. The lowest BCUT2D eigenvalue weighted by Gasteiger charge is -2.29. The Kier molecular flexibility index (Phi) is 7.04. The van der Waals surface area contributed by atoms with Crippen molar-refractivity contribution < 1.29 is 0 Å². The zero-order chi connectivity index (χ0) is 13.8. The molecule has 1 aromatic rings. The molecule has 0 fully saturated rings. The standard InChI is InChI=1S/C12H21N5S.ClH/c1-8(12(2,3)4)15-11(18)16-9-5-6-10(17-13)14-7-9;/h5-8H,13H2,1-4H3,(H,14,17)(H2,15,16,18);1H. The number of nitrogens with zero attached hydrogens (tertiary/aromatic N) is 1. The Morgan fingerprint density at radius 3 is 2.42 bits per heavy atom. The van der Waals surface area contributed by atoms with Crippen LogP contribution in [0.25, 0.3) is 0 Å². The average Bonchev–Trinajstić information content (AvgIpc) is 2.28. The molecule has 0 aliphatic rings. The van der Waals surface area contributed by atoms with E-state index < -0.39 is 0 Å². The van der Waals surface area contributed by atoms with E-state index in [1.165, 1.54) is 0 Å². The normalized spacial score (nSPS) is 12.1. The van der Waals surface area contributed by atoms with Crippen molar-refractivity contribution in [1.29, 1.82) is 0 Å². The highest BCUT2D eigenvalue weighted by Gasteiger charge is 2.20. The predicted octanol–water partition coefficient (Wildman–Crippen LogP) is 2.51. The maximum absolute atomic E-state index is 5.25. The van der Waals surface area contributed by atoms with E-state index in [2.05, 4.69) is 48.7 Å². The van der Waals surface area contributed by atoms with Crippen molar-refractivity contribution in [1.82, 2.24) is 10.3 Å².